The molecule has 172 valence electrons. The zero-order chi connectivity index (χ0) is 23.9. The maximum atomic E-state index is 13.2. The topological polar surface area (TPSA) is 105 Å². The molecule has 1 heterocycles. The van der Waals surface area contributed by atoms with Crippen LogP contribution in [0.3, 0.4) is 0 Å². The summed E-state index contributed by atoms with van der Waals surface area (Å²) in [7, 11) is 0. The lowest BCUT2D eigenvalue weighted by atomic mass is 10.0. The van der Waals surface area contributed by atoms with E-state index in [9.17, 15) is 14.4 Å². The van der Waals surface area contributed by atoms with Gasteiger partial charge in [-0.1, -0.05) is 41.0 Å². The van der Waals surface area contributed by atoms with Gasteiger partial charge in [0.15, 0.2) is 5.82 Å². The van der Waals surface area contributed by atoms with Crippen LogP contribution in [-0.4, -0.2) is 39.9 Å². The standard InChI is InChI=1S/C23H29ClN4O4/c1-6-13-28(20(30)12-11-19(29)25-18-14-15(2)32-27-18)21(22(31)26-23(3,4)5)16-9-7-8-10-17(16)24/h6-10,14,21H,1,11-13H2,2-5H3,(H,26,31)(H,25,27,29)/t21-/m0/s1. The normalized spacial score (nSPS) is 12.0. The zero-order valence-electron chi connectivity index (χ0n) is 18.8. The van der Waals surface area contributed by atoms with Gasteiger partial charge in [0.2, 0.25) is 17.7 Å². The lowest BCUT2D eigenvalue weighted by molar-refractivity contribution is -0.141. The monoisotopic (exact) mass is 460 g/mol. The first-order valence-electron chi connectivity index (χ1n) is 10.2. The van der Waals surface area contributed by atoms with Gasteiger partial charge in [-0.3, -0.25) is 14.4 Å². The number of carbonyl (C=O) groups excluding carboxylic acids is 3. The molecule has 3 amide bonds. The Hall–Kier alpha value is -3.13. The van der Waals surface area contributed by atoms with Gasteiger partial charge >= 0.3 is 0 Å². The Labute approximate surface area is 193 Å². The van der Waals surface area contributed by atoms with E-state index in [0.29, 0.717) is 16.3 Å². The number of anilines is 1. The Kier molecular flexibility index (Phi) is 8.60. The summed E-state index contributed by atoms with van der Waals surface area (Å²) in [5.74, 6) is -0.310. The molecule has 2 N–H and O–H groups in total. The van der Waals surface area contributed by atoms with E-state index in [1.165, 1.54) is 11.0 Å². The number of benzene rings is 1. The van der Waals surface area contributed by atoms with Crippen LogP contribution in [0.2, 0.25) is 5.02 Å². The Balaban J connectivity index is 2.23. The summed E-state index contributed by atoms with van der Waals surface area (Å²) >= 11 is 6.38. The number of hydrogen-bond donors (Lipinski definition) is 2. The number of hydrogen-bond acceptors (Lipinski definition) is 5. The van der Waals surface area contributed by atoms with Crippen molar-refractivity contribution in [3.05, 3.63) is 59.3 Å². The van der Waals surface area contributed by atoms with Crippen LogP contribution in [-0.2, 0) is 14.4 Å². The molecule has 0 radical (unpaired) electrons. The number of aromatic nitrogens is 1. The minimum Gasteiger partial charge on any atom is -0.360 e. The summed E-state index contributed by atoms with van der Waals surface area (Å²) < 4.78 is 4.91. The highest BCUT2D eigenvalue weighted by molar-refractivity contribution is 6.31. The van der Waals surface area contributed by atoms with Gasteiger partial charge in [0, 0.05) is 41.6 Å². The van der Waals surface area contributed by atoms with Crippen LogP contribution in [0.5, 0.6) is 0 Å². The van der Waals surface area contributed by atoms with Gasteiger partial charge in [0.05, 0.1) is 0 Å². The van der Waals surface area contributed by atoms with Crippen LogP contribution in [0, 0.1) is 6.92 Å². The predicted octanol–water partition coefficient (Wildman–Crippen LogP) is 4.03. The molecule has 0 aliphatic carbocycles. The Bertz CT molecular complexity index is 980. The Morgan fingerprint density at radius 2 is 1.94 bits per heavy atom. The van der Waals surface area contributed by atoms with Crippen LogP contribution in [0.25, 0.3) is 0 Å². The van der Waals surface area contributed by atoms with Crippen molar-refractivity contribution < 1.29 is 18.9 Å². The van der Waals surface area contributed by atoms with Crippen molar-refractivity contribution in [1.29, 1.82) is 0 Å². The maximum absolute atomic E-state index is 13.2. The molecule has 0 aliphatic rings. The van der Waals surface area contributed by atoms with E-state index in [1.54, 1.807) is 37.3 Å². The molecule has 0 fully saturated rings. The lowest BCUT2D eigenvalue weighted by Crippen LogP contribution is -2.49. The molecule has 0 bridgehead atoms. The molecular formula is C23H29ClN4O4. The van der Waals surface area contributed by atoms with Crippen LogP contribution in [0.1, 0.15) is 51.0 Å². The fourth-order valence-corrected chi connectivity index (χ4v) is 3.31. The summed E-state index contributed by atoms with van der Waals surface area (Å²) in [6.45, 7) is 11.1. The zero-order valence-corrected chi connectivity index (χ0v) is 19.5. The average molecular weight is 461 g/mol. The molecule has 2 rings (SSSR count). The molecule has 0 saturated heterocycles. The van der Waals surface area contributed by atoms with Gasteiger partial charge in [0.25, 0.3) is 0 Å². The average Bonchev–Trinajstić information content (AvgIpc) is 3.10. The fraction of sp³-hybridized carbons (Fsp3) is 0.391. The van der Waals surface area contributed by atoms with Crippen molar-refractivity contribution in [2.24, 2.45) is 0 Å². The van der Waals surface area contributed by atoms with Gasteiger partial charge in [-0.15, -0.1) is 6.58 Å². The van der Waals surface area contributed by atoms with Gasteiger partial charge in [0.1, 0.15) is 11.8 Å². The number of halogens is 1. The third kappa shape index (κ3) is 7.23. The van der Waals surface area contributed by atoms with Gasteiger partial charge in [-0.25, -0.2) is 0 Å². The fourth-order valence-electron chi connectivity index (χ4n) is 3.07. The molecule has 0 saturated carbocycles. The van der Waals surface area contributed by atoms with Crippen molar-refractivity contribution in [3.63, 3.8) is 0 Å². The largest absolute Gasteiger partial charge is 0.360 e. The summed E-state index contributed by atoms with van der Waals surface area (Å²) in [6, 6.07) is 7.47. The molecule has 32 heavy (non-hydrogen) atoms. The van der Waals surface area contributed by atoms with Gasteiger partial charge in [-0.05, 0) is 33.8 Å². The van der Waals surface area contributed by atoms with Gasteiger partial charge in [-0.2, -0.15) is 0 Å². The number of rotatable bonds is 9. The highest BCUT2D eigenvalue weighted by Gasteiger charge is 2.33. The molecular weight excluding hydrogens is 432 g/mol. The highest BCUT2D eigenvalue weighted by atomic mass is 35.5. The van der Waals surface area contributed by atoms with E-state index in [0.717, 1.165) is 0 Å². The number of nitrogens with one attached hydrogen (secondary N) is 2. The Morgan fingerprint density at radius 3 is 2.50 bits per heavy atom. The summed E-state index contributed by atoms with van der Waals surface area (Å²) in [6.07, 6.45) is 1.33. The quantitative estimate of drug-likeness (QED) is 0.550. The predicted molar refractivity (Wildman–Crippen MR) is 123 cm³/mol. The van der Waals surface area contributed by atoms with E-state index in [1.807, 2.05) is 20.8 Å². The van der Waals surface area contributed by atoms with E-state index < -0.39 is 17.5 Å². The molecule has 1 aromatic heterocycles. The second-order valence-corrected chi connectivity index (χ2v) is 8.78. The third-order valence-electron chi connectivity index (χ3n) is 4.37. The second kappa shape index (κ2) is 10.9. The van der Waals surface area contributed by atoms with Gasteiger partial charge < -0.3 is 20.1 Å². The molecule has 2 aromatic rings. The van der Waals surface area contributed by atoms with Crippen molar-refractivity contribution in [1.82, 2.24) is 15.4 Å². The van der Waals surface area contributed by atoms with E-state index >= 15 is 0 Å². The van der Waals surface area contributed by atoms with E-state index in [2.05, 4.69) is 22.4 Å². The molecule has 0 spiro atoms. The molecule has 1 aromatic carbocycles. The number of amides is 3. The second-order valence-electron chi connectivity index (χ2n) is 8.37. The minimum atomic E-state index is -0.977. The number of nitrogens with zero attached hydrogens (tertiary/aromatic N) is 2. The van der Waals surface area contributed by atoms with Crippen LogP contribution in [0.4, 0.5) is 5.82 Å². The molecule has 8 nitrogen and oxygen atoms in total. The molecule has 9 heteroatoms. The lowest BCUT2D eigenvalue weighted by Gasteiger charge is -2.33. The SMILES string of the molecule is C=CCN(C(=O)CCC(=O)Nc1cc(C)on1)[C@H](C(=O)NC(C)(C)C)c1ccccc1Cl. The summed E-state index contributed by atoms with van der Waals surface area (Å²) in [5, 5.41) is 9.56. The van der Waals surface area contributed by atoms with Crippen LogP contribution in [0.15, 0.2) is 47.5 Å². The smallest absolute Gasteiger partial charge is 0.247 e. The van der Waals surface area contributed by atoms with E-state index in [-0.39, 0.29) is 37.0 Å². The summed E-state index contributed by atoms with van der Waals surface area (Å²) in [4.78, 5) is 40.0. The van der Waals surface area contributed by atoms with Crippen molar-refractivity contribution >= 4 is 35.1 Å². The maximum Gasteiger partial charge on any atom is 0.247 e. The minimum absolute atomic E-state index is 0.0888. The van der Waals surface area contributed by atoms with Crippen molar-refractivity contribution in [2.45, 2.75) is 52.1 Å². The molecule has 1 atom stereocenters. The van der Waals surface area contributed by atoms with Crippen LogP contribution >= 0.6 is 11.6 Å². The van der Waals surface area contributed by atoms with Crippen LogP contribution < -0.4 is 10.6 Å². The van der Waals surface area contributed by atoms with E-state index in [4.69, 9.17) is 16.1 Å². The molecule has 0 aliphatic heterocycles. The molecule has 0 unspecified atom stereocenters. The first-order valence-corrected chi connectivity index (χ1v) is 10.6. The number of carbonyl (C=O) groups is 3. The first-order chi connectivity index (χ1) is 15.0. The first kappa shape index (κ1) is 25.1. The number of aryl methyl sites for hydroxylation is 1. The van der Waals surface area contributed by atoms with Crippen molar-refractivity contribution in [3.8, 4) is 0 Å². The highest BCUT2D eigenvalue weighted by Crippen LogP contribution is 2.29. The third-order valence-corrected chi connectivity index (χ3v) is 4.71. The summed E-state index contributed by atoms with van der Waals surface area (Å²) in [5.41, 5.74) is -0.0246. The van der Waals surface area contributed by atoms with Crippen molar-refractivity contribution in [2.75, 3.05) is 11.9 Å². The Morgan fingerprint density at radius 1 is 1.25 bits per heavy atom.